The second-order valence-electron chi connectivity index (χ2n) is 11.2. The summed E-state index contributed by atoms with van der Waals surface area (Å²) in [6.45, 7) is 4.66. The van der Waals surface area contributed by atoms with Gasteiger partial charge in [0.2, 0.25) is 0 Å². The first-order chi connectivity index (χ1) is 16.7. The van der Waals surface area contributed by atoms with Gasteiger partial charge in [0, 0.05) is 0 Å². The average molecular weight is 617 g/mol. The molecule has 2 unspecified atom stereocenters. The van der Waals surface area contributed by atoms with Crippen molar-refractivity contribution in [3.8, 4) is 0 Å². The Bertz CT molecular complexity index is 1090. The second kappa shape index (κ2) is 12.8. The van der Waals surface area contributed by atoms with Gasteiger partial charge < -0.3 is 24.8 Å². The van der Waals surface area contributed by atoms with Crippen LogP contribution in [0.2, 0.25) is 0 Å². The standard InChI is InChI=1S/C21H28P.C11H11.2ClH.Zr/c1-3-11-19(12-4-1)22(20-13-5-2-6-14-20)21-15-17-9-7-8-10-18(17)16-21;1-8-6-7-9(2)11-5-3-4-10(8)11;;;/h7-10,15-16,19-20H,1-6,11-14H2;3-7H,1-2H3;2*1H;/q;;;;+2/p-2. The summed E-state index contributed by atoms with van der Waals surface area (Å²) >= 11 is -0.760. The second-order valence-corrected chi connectivity index (χ2v) is 17.7. The van der Waals surface area contributed by atoms with Crippen molar-refractivity contribution in [2.24, 2.45) is 0 Å². The molecule has 4 aliphatic carbocycles. The van der Waals surface area contributed by atoms with Gasteiger partial charge in [-0.15, -0.1) is 0 Å². The number of hydrogen-bond donors (Lipinski definition) is 0. The maximum absolute atomic E-state index is 2.75. The Morgan fingerprint density at radius 1 is 0.750 bits per heavy atom. The van der Waals surface area contributed by atoms with Crippen molar-refractivity contribution in [2.75, 3.05) is 0 Å². The summed E-state index contributed by atoms with van der Waals surface area (Å²) in [4.78, 5) is 0. The number of allylic oxidation sites excluding steroid dienone is 2. The third kappa shape index (κ3) is 5.57. The molecule has 190 valence electrons. The van der Waals surface area contributed by atoms with E-state index in [1.54, 1.807) is 22.3 Å². The summed E-state index contributed by atoms with van der Waals surface area (Å²) in [7, 11) is -0.00565. The van der Waals surface area contributed by atoms with E-state index in [1.807, 2.05) is 5.31 Å². The van der Waals surface area contributed by atoms with E-state index in [1.165, 1.54) is 75.3 Å². The minimum absolute atomic E-state index is 0. The molecule has 2 aromatic rings. The van der Waals surface area contributed by atoms with Crippen molar-refractivity contribution in [2.45, 2.75) is 96.6 Å². The normalized spacial score (nSPS) is 23.4. The van der Waals surface area contributed by atoms with Crippen molar-refractivity contribution < 1.29 is 48.0 Å². The Hall–Kier alpha value is -0.187. The molecule has 0 spiro atoms. The van der Waals surface area contributed by atoms with Gasteiger partial charge in [0.25, 0.3) is 0 Å². The van der Waals surface area contributed by atoms with Crippen LogP contribution in [0, 0.1) is 13.8 Å². The Morgan fingerprint density at radius 3 is 2.03 bits per heavy atom. The molecule has 0 aliphatic heterocycles. The van der Waals surface area contributed by atoms with E-state index in [-0.39, 0.29) is 32.7 Å². The Labute approximate surface area is 244 Å². The van der Waals surface area contributed by atoms with E-state index in [9.17, 15) is 0 Å². The molecular weight excluding hydrogens is 577 g/mol. The summed E-state index contributed by atoms with van der Waals surface area (Å²) in [6.07, 6.45) is 22.8. The van der Waals surface area contributed by atoms with Crippen LogP contribution in [0.1, 0.15) is 105 Å². The Balaban J connectivity index is 0.00000152. The average Bonchev–Trinajstić information content (AvgIpc) is 3.46. The van der Waals surface area contributed by atoms with E-state index in [4.69, 9.17) is 0 Å². The van der Waals surface area contributed by atoms with Gasteiger partial charge in [-0.05, 0) is 0 Å². The number of benzene rings is 2. The topological polar surface area (TPSA) is 0 Å². The molecule has 0 radical (unpaired) electrons. The molecule has 0 bridgehead atoms. The van der Waals surface area contributed by atoms with Crippen LogP contribution in [0.4, 0.5) is 0 Å². The van der Waals surface area contributed by atoms with Gasteiger partial charge in [-0.25, -0.2) is 0 Å². The molecule has 2 aromatic carbocycles. The third-order valence-electron chi connectivity index (χ3n) is 8.98. The number of halogens is 2. The maximum Gasteiger partial charge on any atom is -1.00 e. The molecule has 0 saturated heterocycles. The molecule has 4 heteroatoms. The smallest absolute Gasteiger partial charge is 1.00 e. The summed E-state index contributed by atoms with van der Waals surface area (Å²) in [5.74, 6) is 0. The fraction of sp³-hybridized carbons (Fsp3) is 0.500. The van der Waals surface area contributed by atoms with Crippen LogP contribution in [0.5, 0.6) is 0 Å². The predicted molar refractivity (Wildman–Crippen MR) is 146 cm³/mol. The molecule has 36 heavy (non-hydrogen) atoms. The van der Waals surface area contributed by atoms with E-state index < -0.39 is 23.2 Å². The van der Waals surface area contributed by atoms with Crippen LogP contribution in [-0.4, -0.2) is 11.3 Å². The first-order valence-electron chi connectivity index (χ1n) is 13.8. The summed E-state index contributed by atoms with van der Waals surface area (Å²) < 4.78 is 1.52. The number of hydrogen-bond acceptors (Lipinski definition) is 0. The van der Waals surface area contributed by atoms with E-state index in [0.29, 0.717) is 0 Å². The van der Waals surface area contributed by atoms with Crippen LogP contribution < -0.4 is 24.8 Å². The maximum atomic E-state index is 2.75. The van der Waals surface area contributed by atoms with Crippen LogP contribution in [0.3, 0.4) is 0 Å². The van der Waals surface area contributed by atoms with Gasteiger partial charge in [0.05, 0.1) is 0 Å². The van der Waals surface area contributed by atoms with Crippen molar-refractivity contribution >= 4 is 20.1 Å². The van der Waals surface area contributed by atoms with Crippen LogP contribution in [-0.2, 0) is 23.2 Å². The Kier molecular flexibility index (Phi) is 10.2. The molecule has 2 fully saturated rings. The molecule has 0 heterocycles. The van der Waals surface area contributed by atoms with E-state index in [2.05, 4.69) is 68.5 Å². The summed E-state index contributed by atoms with van der Waals surface area (Å²) in [5, 5.41) is 1.97. The molecule has 0 nitrogen and oxygen atoms in total. The van der Waals surface area contributed by atoms with Crippen molar-refractivity contribution in [1.29, 1.82) is 0 Å². The first kappa shape index (κ1) is 28.8. The zero-order chi connectivity index (χ0) is 23.1. The monoisotopic (exact) mass is 614 g/mol. The van der Waals surface area contributed by atoms with E-state index in [0.717, 1.165) is 18.6 Å². The van der Waals surface area contributed by atoms with Crippen LogP contribution in [0.15, 0.2) is 47.8 Å². The molecule has 0 N–H and O–H groups in total. The van der Waals surface area contributed by atoms with Gasteiger partial charge in [0.1, 0.15) is 0 Å². The van der Waals surface area contributed by atoms with Gasteiger partial charge in [-0.3, -0.25) is 0 Å². The molecule has 0 aromatic heterocycles. The fourth-order valence-corrected chi connectivity index (χ4v) is 17.2. The van der Waals surface area contributed by atoms with Gasteiger partial charge in [0.15, 0.2) is 0 Å². The zero-order valence-corrected chi connectivity index (χ0v) is 26.6. The van der Waals surface area contributed by atoms with Crippen molar-refractivity contribution in [1.82, 2.24) is 0 Å². The molecule has 4 aliphatic rings. The molecule has 2 saturated carbocycles. The minimum Gasteiger partial charge on any atom is -1.00 e. The fourth-order valence-electron chi connectivity index (χ4n) is 7.24. The molecule has 2 atom stereocenters. The largest absolute Gasteiger partial charge is 1.00 e. The summed E-state index contributed by atoms with van der Waals surface area (Å²) in [6, 6.07) is 14.2. The summed E-state index contributed by atoms with van der Waals surface area (Å²) in [5.41, 5.74) is 11.5. The van der Waals surface area contributed by atoms with Gasteiger partial charge in [-0.2, -0.15) is 0 Å². The van der Waals surface area contributed by atoms with Crippen molar-refractivity contribution in [3.05, 3.63) is 81.2 Å². The third-order valence-corrected chi connectivity index (χ3v) is 17.6. The molecule has 0 amide bonds. The SMILES string of the molecule is Cc1ccc(C)c2c1C=C[CH]2[Zr+2][CH]1C(P(C2CCCCC2)C2CCCCC2)=Cc2ccccc21.[Cl-].[Cl-]. The quantitative estimate of drug-likeness (QED) is 0.450. The van der Waals surface area contributed by atoms with Crippen LogP contribution in [0.25, 0.3) is 12.2 Å². The zero-order valence-electron chi connectivity index (χ0n) is 21.8. The molecule has 6 rings (SSSR count). The van der Waals surface area contributed by atoms with Gasteiger partial charge >= 0.3 is 221 Å². The number of rotatable bonds is 5. The number of aryl methyl sites for hydroxylation is 2. The molecular formula is C32H39Cl2PZr. The Morgan fingerprint density at radius 2 is 1.36 bits per heavy atom. The first-order valence-corrected chi connectivity index (χ1v) is 18.2. The van der Waals surface area contributed by atoms with E-state index >= 15 is 0 Å². The minimum atomic E-state index is -0.760. The van der Waals surface area contributed by atoms with Gasteiger partial charge in [-0.1, -0.05) is 0 Å². The predicted octanol–water partition coefficient (Wildman–Crippen LogP) is 3.70. The van der Waals surface area contributed by atoms with Crippen LogP contribution >= 0.6 is 7.92 Å². The van der Waals surface area contributed by atoms with Crippen molar-refractivity contribution in [3.63, 3.8) is 0 Å². The number of fused-ring (bicyclic) bond motifs is 2.